The van der Waals surface area contributed by atoms with Gasteiger partial charge in [-0.05, 0) is 32.0 Å². The molecule has 2 unspecified atom stereocenters. The van der Waals surface area contributed by atoms with Crippen molar-refractivity contribution in [3.05, 3.63) is 35.4 Å². The second kappa shape index (κ2) is 5.19. The average molecular weight is 243 g/mol. The lowest BCUT2D eigenvalue weighted by Crippen LogP contribution is -2.57. The molecule has 0 radical (unpaired) electrons. The summed E-state index contributed by atoms with van der Waals surface area (Å²) in [4.78, 5) is 14.4. The predicted molar refractivity (Wildman–Crippen MR) is 69.1 cm³/mol. The molecule has 1 N–H and O–H groups in total. The summed E-state index contributed by atoms with van der Waals surface area (Å²) in [6, 6.07) is 9.30. The Hall–Kier alpha value is -1.86. The van der Waals surface area contributed by atoms with Crippen LogP contribution in [0.15, 0.2) is 24.3 Å². The minimum atomic E-state index is 0.00796. The van der Waals surface area contributed by atoms with Gasteiger partial charge in [-0.2, -0.15) is 5.26 Å². The van der Waals surface area contributed by atoms with Crippen molar-refractivity contribution in [1.82, 2.24) is 10.2 Å². The number of hydrogen-bond acceptors (Lipinski definition) is 3. The highest BCUT2D eigenvalue weighted by Gasteiger charge is 2.29. The molecule has 0 bridgehead atoms. The number of nitrogens with zero attached hydrogens (tertiary/aromatic N) is 2. The van der Waals surface area contributed by atoms with Gasteiger partial charge in [-0.25, -0.2) is 0 Å². The SMILES string of the molecule is CC1CNCC(C)N1C(=O)c1cccc(C#N)c1. The lowest BCUT2D eigenvalue weighted by atomic mass is 10.1. The number of amides is 1. The van der Waals surface area contributed by atoms with E-state index in [2.05, 4.69) is 11.4 Å². The van der Waals surface area contributed by atoms with Crippen molar-refractivity contribution in [2.45, 2.75) is 25.9 Å². The molecule has 1 fully saturated rings. The average Bonchev–Trinajstić information content (AvgIpc) is 2.38. The van der Waals surface area contributed by atoms with Gasteiger partial charge in [0.1, 0.15) is 0 Å². The maximum atomic E-state index is 12.5. The Morgan fingerprint density at radius 3 is 2.67 bits per heavy atom. The van der Waals surface area contributed by atoms with E-state index in [0.717, 1.165) is 13.1 Å². The molecule has 1 saturated heterocycles. The maximum absolute atomic E-state index is 12.5. The number of carbonyl (C=O) groups is 1. The zero-order valence-electron chi connectivity index (χ0n) is 10.7. The Bertz CT molecular complexity index is 482. The van der Waals surface area contributed by atoms with Crippen LogP contribution in [0, 0.1) is 11.3 Å². The summed E-state index contributed by atoms with van der Waals surface area (Å²) in [5, 5.41) is 12.2. The van der Waals surface area contributed by atoms with E-state index in [1.165, 1.54) is 0 Å². The van der Waals surface area contributed by atoms with Crippen LogP contribution >= 0.6 is 0 Å². The summed E-state index contributed by atoms with van der Waals surface area (Å²) in [6.45, 7) is 5.70. The lowest BCUT2D eigenvalue weighted by molar-refractivity contribution is 0.0544. The second-order valence-electron chi connectivity index (χ2n) is 4.76. The van der Waals surface area contributed by atoms with Crippen LogP contribution in [0.5, 0.6) is 0 Å². The molecule has 1 aromatic rings. The lowest BCUT2D eigenvalue weighted by Gasteiger charge is -2.39. The van der Waals surface area contributed by atoms with E-state index in [0.29, 0.717) is 11.1 Å². The normalized spacial score (nSPS) is 23.5. The van der Waals surface area contributed by atoms with Gasteiger partial charge in [0.25, 0.3) is 5.91 Å². The molecule has 2 atom stereocenters. The van der Waals surface area contributed by atoms with Gasteiger partial charge >= 0.3 is 0 Å². The molecule has 4 nitrogen and oxygen atoms in total. The topological polar surface area (TPSA) is 56.1 Å². The smallest absolute Gasteiger partial charge is 0.254 e. The van der Waals surface area contributed by atoms with Crippen molar-refractivity contribution in [3.63, 3.8) is 0 Å². The standard InChI is InChI=1S/C14H17N3O/c1-10-8-16-9-11(2)17(10)14(18)13-5-3-4-12(6-13)7-15/h3-6,10-11,16H,8-9H2,1-2H3. The Morgan fingerprint density at radius 1 is 1.39 bits per heavy atom. The number of piperazine rings is 1. The number of carbonyl (C=O) groups excluding carboxylic acids is 1. The number of rotatable bonds is 1. The molecule has 2 rings (SSSR count). The highest BCUT2D eigenvalue weighted by Crippen LogP contribution is 2.15. The molecule has 94 valence electrons. The van der Waals surface area contributed by atoms with Gasteiger partial charge in [-0.15, -0.1) is 0 Å². The molecule has 0 saturated carbocycles. The van der Waals surface area contributed by atoms with Crippen LogP contribution in [0.25, 0.3) is 0 Å². The summed E-state index contributed by atoms with van der Waals surface area (Å²) in [6.07, 6.45) is 0. The van der Waals surface area contributed by atoms with Crippen molar-refractivity contribution in [3.8, 4) is 6.07 Å². The van der Waals surface area contributed by atoms with Crippen molar-refractivity contribution in [2.24, 2.45) is 0 Å². The monoisotopic (exact) mass is 243 g/mol. The molecule has 1 aliphatic heterocycles. The first-order valence-corrected chi connectivity index (χ1v) is 6.17. The van der Waals surface area contributed by atoms with Crippen LogP contribution in [-0.4, -0.2) is 36.0 Å². The molecule has 0 aliphatic carbocycles. The van der Waals surface area contributed by atoms with Gasteiger partial charge in [0, 0.05) is 30.7 Å². The number of nitrogens with one attached hydrogen (secondary N) is 1. The van der Waals surface area contributed by atoms with E-state index >= 15 is 0 Å². The van der Waals surface area contributed by atoms with Gasteiger partial charge in [-0.3, -0.25) is 4.79 Å². The molecule has 0 aromatic heterocycles. The molecular formula is C14H17N3O. The third-order valence-electron chi connectivity index (χ3n) is 3.30. The fraction of sp³-hybridized carbons (Fsp3) is 0.429. The zero-order chi connectivity index (χ0) is 13.1. The number of benzene rings is 1. The first-order chi connectivity index (χ1) is 8.63. The maximum Gasteiger partial charge on any atom is 0.254 e. The number of nitriles is 1. The molecule has 1 heterocycles. The van der Waals surface area contributed by atoms with E-state index in [9.17, 15) is 4.79 Å². The third kappa shape index (κ3) is 2.36. The molecule has 1 aliphatic rings. The van der Waals surface area contributed by atoms with Gasteiger partial charge in [0.2, 0.25) is 0 Å². The van der Waals surface area contributed by atoms with Gasteiger partial charge in [-0.1, -0.05) is 6.07 Å². The highest BCUT2D eigenvalue weighted by atomic mass is 16.2. The van der Waals surface area contributed by atoms with Crippen LogP contribution in [0.4, 0.5) is 0 Å². The Labute approximate surface area is 107 Å². The van der Waals surface area contributed by atoms with E-state index in [-0.39, 0.29) is 18.0 Å². The van der Waals surface area contributed by atoms with E-state index in [4.69, 9.17) is 5.26 Å². The first-order valence-electron chi connectivity index (χ1n) is 6.17. The highest BCUT2D eigenvalue weighted by molar-refractivity contribution is 5.95. The second-order valence-corrected chi connectivity index (χ2v) is 4.76. The van der Waals surface area contributed by atoms with Crippen LogP contribution < -0.4 is 5.32 Å². The Kier molecular flexibility index (Phi) is 3.63. The number of hydrogen-bond donors (Lipinski definition) is 1. The zero-order valence-corrected chi connectivity index (χ0v) is 10.7. The van der Waals surface area contributed by atoms with Crippen molar-refractivity contribution in [1.29, 1.82) is 5.26 Å². The Morgan fingerprint density at radius 2 is 2.06 bits per heavy atom. The predicted octanol–water partition coefficient (Wildman–Crippen LogP) is 1.38. The molecule has 18 heavy (non-hydrogen) atoms. The van der Waals surface area contributed by atoms with E-state index in [1.54, 1.807) is 24.3 Å². The summed E-state index contributed by atoms with van der Waals surface area (Å²) in [7, 11) is 0. The van der Waals surface area contributed by atoms with Crippen molar-refractivity contribution >= 4 is 5.91 Å². The van der Waals surface area contributed by atoms with Gasteiger partial charge in [0.05, 0.1) is 11.6 Å². The van der Waals surface area contributed by atoms with Crippen molar-refractivity contribution < 1.29 is 4.79 Å². The summed E-state index contributed by atoms with van der Waals surface area (Å²) < 4.78 is 0. The Balaban J connectivity index is 2.27. The molecule has 0 spiro atoms. The van der Waals surface area contributed by atoms with Crippen molar-refractivity contribution in [2.75, 3.05) is 13.1 Å². The fourth-order valence-electron chi connectivity index (χ4n) is 2.40. The minimum absolute atomic E-state index is 0.00796. The molecular weight excluding hydrogens is 226 g/mol. The quantitative estimate of drug-likeness (QED) is 0.810. The van der Waals surface area contributed by atoms with E-state index < -0.39 is 0 Å². The van der Waals surface area contributed by atoms with Crippen LogP contribution in [0.1, 0.15) is 29.8 Å². The summed E-state index contributed by atoms with van der Waals surface area (Å²) in [5.74, 6) is 0.00796. The fourth-order valence-corrected chi connectivity index (χ4v) is 2.40. The summed E-state index contributed by atoms with van der Waals surface area (Å²) in [5.41, 5.74) is 1.12. The molecule has 4 heteroatoms. The van der Waals surface area contributed by atoms with Crippen LogP contribution in [0.3, 0.4) is 0 Å². The van der Waals surface area contributed by atoms with Crippen LogP contribution in [-0.2, 0) is 0 Å². The van der Waals surface area contributed by atoms with E-state index in [1.807, 2.05) is 18.7 Å². The summed E-state index contributed by atoms with van der Waals surface area (Å²) >= 11 is 0. The third-order valence-corrected chi connectivity index (χ3v) is 3.30. The molecule has 1 amide bonds. The van der Waals surface area contributed by atoms with Crippen LogP contribution in [0.2, 0.25) is 0 Å². The molecule has 1 aromatic carbocycles. The van der Waals surface area contributed by atoms with Gasteiger partial charge < -0.3 is 10.2 Å². The first kappa shape index (κ1) is 12.6. The van der Waals surface area contributed by atoms with Gasteiger partial charge in [0.15, 0.2) is 0 Å². The largest absolute Gasteiger partial charge is 0.331 e. The minimum Gasteiger partial charge on any atom is -0.331 e.